The second kappa shape index (κ2) is 14.9. The van der Waals surface area contributed by atoms with E-state index >= 15 is 0 Å². The van der Waals surface area contributed by atoms with Crippen LogP contribution >= 0.6 is 0 Å². The number of rotatable bonds is 6. The highest BCUT2D eigenvalue weighted by Crippen LogP contribution is 2.71. The lowest BCUT2D eigenvalue weighted by molar-refractivity contribution is 0.329. The molecule has 0 aliphatic heterocycles. The number of hydrogen-bond acceptors (Lipinski definition) is 25. The second-order valence-corrected chi connectivity index (χ2v) is 14.9. The molecule has 25 heteroatoms. The van der Waals surface area contributed by atoms with Crippen molar-refractivity contribution in [3.63, 3.8) is 0 Å². The summed E-state index contributed by atoms with van der Waals surface area (Å²) in [5, 5.41) is 264. The summed E-state index contributed by atoms with van der Waals surface area (Å²) in [7, 11) is 0. The van der Waals surface area contributed by atoms with Gasteiger partial charge >= 0.3 is 0 Å². The van der Waals surface area contributed by atoms with Crippen molar-refractivity contribution >= 4 is 38.6 Å². The third-order valence-electron chi connectivity index (χ3n) is 11.3. The van der Waals surface area contributed by atoms with E-state index in [4.69, 9.17) is 0 Å². The lowest BCUT2D eigenvalue weighted by Gasteiger charge is -2.31. The molecule has 0 aliphatic carbocycles. The monoisotopic (exact) mass is 957 g/mol. The zero-order valence-corrected chi connectivity index (χ0v) is 33.7. The van der Waals surface area contributed by atoms with Crippen molar-refractivity contribution in [2.45, 2.75) is 0 Å². The summed E-state index contributed by atoms with van der Waals surface area (Å²) in [6.45, 7) is 0. The van der Waals surface area contributed by atoms with Crippen molar-refractivity contribution in [1.29, 1.82) is 0 Å². The summed E-state index contributed by atoms with van der Waals surface area (Å²) in [5.74, 6) is -41.2. The molecule has 0 aliphatic rings. The van der Waals surface area contributed by atoms with Crippen LogP contribution in [0.25, 0.3) is 54.9 Å². The maximum atomic E-state index is 12.1. The fourth-order valence-corrected chi connectivity index (χ4v) is 7.99. The summed E-state index contributed by atoms with van der Waals surface area (Å²) in [6, 6.07) is 10.8. The molecule has 356 valence electrons. The third-order valence-corrected chi connectivity index (χ3v) is 11.3. The predicted molar refractivity (Wildman–Crippen MR) is 232 cm³/mol. The largest absolute Gasteiger partial charge is 0.506 e. The zero-order valence-electron chi connectivity index (χ0n) is 33.7. The van der Waals surface area contributed by atoms with E-state index in [1.165, 1.54) is 18.2 Å². The van der Waals surface area contributed by atoms with Crippen molar-refractivity contribution in [2.24, 2.45) is 0 Å². The van der Waals surface area contributed by atoms with E-state index in [2.05, 4.69) is 0 Å². The highest BCUT2D eigenvalue weighted by atomic mass is 16.4. The molecule has 0 saturated carbocycles. The Balaban J connectivity index is 1.55. The van der Waals surface area contributed by atoms with Gasteiger partial charge in [0.05, 0.1) is 38.6 Å². The molecule has 0 unspecified atom stereocenters. The average Bonchev–Trinajstić information content (AvgIpc) is 3.32. The smallest absolute Gasteiger partial charge is 0.208 e. The molecule has 0 bridgehead atoms. The maximum absolute atomic E-state index is 12.1. The number of anilines is 3. The number of hydrogen-bond donors (Lipinski definition) is 24. The predicted octanol–water partition coefficient (Wildman–Crippen LogP) is 5.40. The van der Waals surface area contributed by atoms with Crippen LogP contribution in [-0.4, -0.2) is 123 Å². The zero-order chi connectivity index (χ0) is 50.9. The van der Waals surface area contributed by atoms with E-state index < -0.39 is 194 Å². The summed E-state index contributed by atoms with van der Waals surface area (Å²) < 4.78 is 0. The fraction of sp³-hybridized carbons (Fsp3) is 0. The Kier molecular flexibility index (Phi) is 9.70. The Morgan fingerprint density at radius 3 is 0.899 bits per heavy atom. The normalized spacial score (nSPS) is 11.4. The molecule has 0 spiro atoms. The van der Waals surface area contributed by atoms with Gasteiger partial charge in [0.15, 0.2) is 97.7 Å². The molecule has 8 aromatic carbocycles. The minimum atomic E-state index is -1.99. The van der Waals surface area contributed by atoms with Crippen LogP contribution in [0.4, 0.5) is 17.1 Å². The molecule has 0 heterocycles. The molecular formula is C44H31NO24. The standard InChI is InChI=1S/C44H31NO24/c46-21-11(10-7-3-5-8-4-1-2-6-9(8)10)23(48)24(49)13-12(21)25(50)34(59)18(22(13)47)45(19-35(60)26(51)14(27(52)36(19)61)16-30(55)39(64)43(68)40(65)31(16)56)20-37(62)28(53)15(29(54)38(20)63)17-32(57)41(66)44(69)42(67)33(17)58/h1-7,46-69H. The van der Waals surface area contributed by atoms with Gasteiger partial charge in [0, 0.05) is 0 Å². The minimum absolute atomic E-state index is 0.0224. The van der Waals surface area contributed by atoms with Crippen LogP contribution in [0.1, 0.15) is 0 Å². The molecule has 8 rings (SSSR count). The topological polar surface area (TPSA) is 489 Å². The third kappa shape index (κ3) is 5.76. The lowest BCUT2D eigenvalue weighted by atomic mass is 9.92. The van der Waals surface area contributed by atoms with Crippen LogP contribution in [0, 0.1) is 0 Å². The summed E-state index contributed by atoms with van der Waals surface area (Å²) in [4.78, 5) is -0.339. The number of aromatic hydroxyl groups is 24. The van der Waals surface area contributed by atoms with Crippen molar-refractivity contribution in [3.8, 4) is 171 Å². The molecule has 8 aromatic rings. The second-order valence-electron chi connectivity index (χ2n) is 14.9. The number of nitrogens with zero attached hydrogens (tertiary/aromatic N) is 1. The van der Waals surface area contributed by atoms with E-state index in [-0.39, 0.29) is 10.5 Å². The SMILES string of the molecule is Oc1c(O)c(O)c(-c2c(O)c(O)c(N(c3c(O)c(O)c(-c4c(O)c(O)c(O)c(O)c4O)c(O)c3O)c3c(O)c(O)c4c(O)c(-c5cccc6ccccc56)c(O)c(O)c4c3O)c(O)c2O)c(O)c1O. The molecule has 25 nitrogen and oxygen atoms in total. The summed E-state index contributed by atoms with van der Waals surface area (Å²) in [6.07, 6.45) is 0. The van der Waals surface area contributed by atoms with Crippen molar-refractivity contribution in [3.05, 3.63) is 42.5 Å². The summed E-state index contributed by atoms with van der Waals surface area (Å²) >= 11 is 0. The van der Waals surface area contributed by atoms with Gasteiger partial charge in [-0.25, -0.2) is 0 Å². The first kappa shape index (κ1) is 44.9. The molecule has 0 radical (unpaired) electrons. The van der Waals surface area contributed by atoms with Gasteiger partial charge < -0.3 is 123 Å². The fourth-order valence-electron chi connectivity index (χ4n) is 7.99. The van der Waals surface area contributed by atoms with Gasteiger partial charge in [0.25, 0.3) is 0 Å². The van der Waals surface area contributed by atoms with Gasteiger partial charge in [-0.15, -0.1) is 0 Å². The van der Waals surface area contributed by atoms with E-state index in [0.29, 0.717) is 10.8 Å². The van der Waals surface area contributed by atoms with E-state index in [1.54, 1.807) is 24.3 Å². The number of phenolic OH excluding ortho intramolecular Hbond substituents is 24. The summed E-state index contributed by atoms with van der Waals surface area (Å²) in [5.41, 5.74) is -12.1. The van der Waals surface area contributed by atoms with Crippen LogP contribution in [0.3, 0.4) is 0 Å². The highest BCUT2D eigenvalue weighted by molar-refractivity contribution is 6.16. The van der Waals surface area contributed by atoms with Crippen LogP contribution < -0.4 is 4.90 Å². The maximum Gasteiger partial charge on any atom is 0.208 e. The molecule has 0 amide bonds. The van der Waals surface area contributed by atoms with Crippen LogP contribution in [0.5, 0.6) is 138 Å². The molecular weight excluding hydrogens is 926 g/mol. The number of phenols is 24. The Morgan fingerprint density at radius 2 is 0.493 bits per heavy atom. The van der Waals surface area contributed by atoms with Crippen molar-refractivity contribution < 1.29 is 123 Å². The van der Waals surface area contributed by atoms with Crippen LogP contribution in [0.15, 0.2) is 42.5 Å². The first-order valence-electron chi connectivity index (χ1n) is 18.9. The van der Waals surface area contributed by atoms with Gasteiger partial charge in [0.1, 0.15) is 22.8 Å². The number of benzene rings is 8. The first-order valence-corrected chi connectivity index (χ1v) is 18.9. The van der Waals surface area contributed by atoms with Gasteiger partial charge in [0.2, 0.25) is 34.5 Å². The lowest BCUT2D eigenvalue weighted by Crippen LogP contribution is -2.13. The molecule has 0 atom stereocenters. The highest BCUT2D eigenvalue weighted by Gasteiger charge is 2.42. The number of fused-ring (bicyclic) bond motifs is 2. The average molecular weight is 958 g/mol. The Labute approximate surface area is 379 Å². The van der Waals surface area contributed by atoms with Gasteiger partial charge in [-0.2, -0.15) is 0 Å². The van der Waals surface area contributed by atoms with E-state index in [1.807, 2.05) is 0 Å². The van der Waals surface area contributed by atoms with Gasteiger partial charge in [-0.1, -0.05) is 42.5 Å². The van der Waals surface area contributed by atoms with Crippen LogP contribution in [-0.2, 0) is 0 Å². The van der Waals surface area contributed by atoms with E-state index in [9.17, 15) is 123 Å². The first-order chi connectivity index (χ1) is 32.3. The van der Waals surface area contributed by atoms with Gasteiger partial charge in [-0.05, 0) is 16.3 Å². The Bertz CT molecular complexity index is 3370. The van der Waals surface area contributed by atoms with Crippen molar-refractivity contribution in [1.82, 2.24) is 0 Å². The van der Waals surface area contributed by atoms with E-state index in [0.717, 1.165) is 0 Å². The molecule has 69 heavy (non-hydrogen) atoms. The van der Waals surface area contributed by atoms with Crippen molar-refractivity contribution in [2.75, 3.05) is 4.90 Å². The quantitative estimate of drug-likeness (QED) is 0.0732. The van der Waals surface area contributed by atoms with Crippen LogP contribution in [0.2, 0.25) is 0 Å². The minimum Gasteiger partial charge on any atom is -0.506 e. The van der Waals surface area contributed by atoms with Gasteiger partial charge in [-0.3, -0.25) is 4.90 Å². The molecule has 0 fully saturated rings. The molecule has 24 N–H and O–H groups in total. The Morgan fingerprint density at radius 1 is 0.217 bits per heavy atom. The molecule has 0 aromatic heterocycles. The Hall–Kier alpha value is -10.7. The molecule has 0 saturated heterocycles.